The van der Waals surface area contributed by atoms with Crippen LogP contribution in [0.1, 0.15) is 23.6 Å². The van der Waals surface area contributed by atoms with Gasteiger partial charge in [-0.1, -0.05) is 84.6 Å². The molecule has 0 atom stereocenters. The van der Waals surface area contributed by atoms with E-state index in [0.717, 1.165) is 27.6 Å². The maximum Gasteiger partial charge on any atom is 0.283 e. The predicted molar refractivity (Wildman–Crippen MR) is 166 cm³/mol. The Kier molecular flexibility index (Phi) is 7.28. The third-order valence-electron chi connectivity index (χ3n) is 6.58. The maximum atomic E-state index is 13.0. The van der Waals surface area contributed by atoms with Crippen molar-refractivity contribution < 1.29 is 14.3 Å². The van der Waals surface area contributed by atoms with Crippen LogP contribution in [0.5, 0.6) is 11.5 Å². The number of thioether (sulfide) groups is 1. The van der Waals surface area contributed by atoms with Crippen molar-refractivity contribution in [2.45, 2.75) is 13.5 Å². The number of amidine groups is 2. The van der Waals surface area contributed by atoms with Crippen molar-refractivity contribution in [3.05, 3.63) is 117 Å². The van der Waals surface area contributed by atoms with Crippen molar-refractivity contribution in [2.75, 3.05) is 6.61 Å². The molecule has 0 aromatic heterocycles. The quantitative estimate of drug-likeness (QED) is 0.216. The Hall–Kier alpha value is -4.14. The molecule has 40 heavy (non-hydrogen) atoms. The van der Waals surface area contributed by atoms with E-state index in [-0.39, 0.29) is 11.4 Å². The smallest absolute Gasteiger partial charge is 0.283 e. The third-order valence-corrected chi connectivity index (χ3v) is 7.99. The minimum Gasteiger partial charge on any atom is -0.490 e. The summed E-state index contributed by atoms with van der Waals surface area (Å²) in [6, 6.07) is 27.9. The van der Waals surface area contributed by atoms with Crippen molar-refractivity contribution in [1.82, 2.24) is 4.90 Å². The Morgan fingerprint density at radius 3 is 2.60 bits per heavy atom. The van der Waals surface area contributed by atoms with E-state index < -0.39 is 5.91 Å². The number of hydrogen-bond donors (Lipinski definition) is 1. The van der Waals surface area contributed by atoms with Crippen molar-refractivity contribution >= 4 is 67.1 Å². The monoisotopic (exact) mass is 609 g/mol. The number of rotatable bonds is 7. The maximum absolute atomic E-state index is 13.0. The molecule has 1 N–H and O–H groups in total. The summed E-state index contributed by atoms with van der Waals surface area (Å²) in [6.07, 6.45) is 1.68. The molecule has 8 heteroatoms. The average molecular weight is 611 g/mol. The number of nitrogens with one attached hydrogen (secondary N) is 1. The molecule has 4 aromatic rings. The molecule has 2 aliphatic rings. The Morgan fingerprint density at radius 1 is 1.00 bits per heavy atom. The van der Waals surface area contributed by atoms with Gasteiger partial charge in [-0.2, -0.15) is 4.99 Å². The molecule has 1 amide bonds. The molecule has 2 aliphatic heterocycles. The Bertz CT molecular complexity index is 1740. The van der Waals surface area contributed by atoms with Crippen molar-refractivity contribution in [1.29, 1.82) is 5.41 Å². The summed E-state index contributed by atoms with van der Waals surface area (Å²) in [6.45, 7) is 2.71. The highest BCUT2D eigenvalue weighted by Crippen LogP contribution is 2.40. The van der Waals surface area contributed by atoms with E-state index in [1.807, 2.05) is 73.0 Å². The van der Waals surface area contributed by atoms with Crippen LogP contribution in [-0.2, 0) is 11.4 Å². The number of amides is 1. The van der Waals surface area contributed by atoms with E-state index in [4.69, 9.17) is 14.9 Å². The van der Waals surface area contributed by atoms with Crippen LogP contribution < -0.4 is 9.47 Å². The molecule has 4 aromatic carbocycles. The van der Waals surface area contributed by atoms with Gasteiger partial charge in [0.25, 0.3) is 5.91 Å². The van der Waals surface area contributed by atoms with Crippen LogP contribution in [0.25, 0.3) is 22.5 Å². The normalized spacial score (nSPS) is 15.8. The van der Waals surface area contributed by atoms with Gasteiger partial charge in [0.15, 0.2) is 16.7 Å². The SMILES string of the molecule is CCOc1cc(/C=C2/C(=N)N3C(c4ccccc4)=CSC3=NC2=O)cc(Br)c1OCc1cccc2ccccc12. The number of carbonyl (C=O) groups is 1. The molecule has 0 aliphatic carbocycles. The number of halogens is 1. The van der Waals surface area contributed by atoms with Crippen LogP contribution in [0, 0.1) is 5.41 Å². The highest BCUT2D eigenvalue weighted by Gasteiger charge is 2.36. The molecule has 2 heterocycles. The number of nitrogens with zero attached hydrogens (tertiary/aromatic N) is 2. The molecule has 0 radical (unpaired) electrons. The second kappa shape index (κ2) is 11.2. The minimum atomic E-state index is -0.447. The molecule has 0 bridgehead atoms. The van der Waals surface area contributed by atoms with Gasteiger partial charge in [-0.3, -0.25) is 15.1 Å². The topological polar surface area (TPSA) is 75.0 Å². The van der Waals surface area contributed by atoms with Crippen LogP contribution in [0.15, 0.2) is 105 Å². The molecular formula is C32H24BrN3O3S. The van der Waals surface area contributed by atoms with Gasteiger partial charge in [0.05, 0.1) is 22.3 Å². The summed E-state index contributed by atoms with van der Waals surface area (Å²) >= 11 is 4.99. The molecule has 0 unspecified atom stereocenters. The summed E-state index contributed by atoms with van der Waals surface area (Å²) in [5.74, 6) is 0.759. The fourth-order valence-corrected chi connectivity index (χ4v) is 6.19. The lowest BCUT2D eigenvalue weighted by Gasteiger charge is -2.27. The number of hydrogen-bond acceptors (Lipinski definition) is 5. The first-order valence-electron chi connectivity index (χ1n) is 12.8. The first-order valence-corrected chi connectivity index (χ1v) is 14.4. The highest BCUT2D eigenvalue weighted by molar-refractivity contribution is 9.10. The van der Waals surface area contributed by atoms with Gasteiger partial charge in [-0.25, -0.2) is 0 Å². The Morgan fingerprint density at radius 2 is 1.77 bits per heavy atom. The molecule has 6 rings (SSSR count). The van der Waals surface area contributed by atoms with Crippen LogP contribution in [-0.4, -0.2) is 28.4 Å². The molecule has 0 saturated heterocycles. The van der Waals surface area contributed by atoms with Gasteiger partial charge >= 0.3 is 0 Å². The van der Waals surface area contributed by atoms with E-state index in [1.165, 1.54) is 11.8 Å². The average Bonchev–Trinajstić information content (AvgIpc) is 3.39. The summed E-state index contributed by atoms with van der Waals surface area (Å²) in [5.41, 5.74) is 3.73. The van der Waals surface area contributed by atoms with Crippen LogP contribution in [0.3, 0.4) is 0 Å². The summed E-state index contributed by atoms with van der Waals surface area (Å²) < 4.78 is 12.9. The van der Waals surface area contributed by atoms with Crippen LogP contribution >= 0.6 is 27.7 Å². The zero-order valence-corrected chi connectivity index (χ0v) is 24.0. The molecule has 6 nitrogen and oxygen atoms in total. The van der Waals surface area contributed by atoms with Gasteiger partial charge in [0.2, 0.25) is 0 Å². The van der Waals surface area contributed by atoms with Gasteiger partial charge in [-0.05, 0) is 68.5 Å². The number of carbonyl (C=O) groups excluding carboxylic acids is 1. The van der Waals surface area contributed by atoms with Crippen LogP contribution in [0.2, 0.25) is 0 Å². The van der Waals surface area contributed by atoms with Gasteiger partial charge in [0.1, 0.15) is 12.4 Å². The number of fused-ring (bicyclic) bond motifs is 2. The van der Waals surface area contributed by atoms with Gasteiger partial charge < -0.3 is 9.47 Å². The van der Waals surface area contributed by atoms with Gasteiger partial charge in [0, 0.05) is 5.41 Å². The lowest BCUT2D eigenvalue weighted by atomic mass is 10.0. The Balaban J connectivity index is 1.31. The fraction of sp³-hybridized carbons (Fsp3) is 0.0938. The molecule has 0 saturated carbocycles. The summed E-state index contributed by atoms with van der Waals surface area (Å²) in [5, 5.41) is 13.6. The highest BCUT2D eigenvalue weighted by atomic mass is 79.9. The van der Waals surface area contributed by atoms with Crippen LogP contribution in [0.4, 0.5) is 0 Å². The molecular weight excluding hydrogens is 586 g/mol. The number of ether oxygens (including phenoxy) is 2. The third kappa shape index (κ3) is 4.96. The van der Waals surface area contributed by atoms with Crippen molar-refractivity contribution in [3.63, 3.8) is 0 Å². The summed E-state index contributed by atoms with van der Waals surface area (Å²) in [4.78, 5) is 19.0. The van der Waals surface area contributed by atoms with E-state index in [0.29, 0.717) is 39.9 Å². The number of benzene rings is 4. The van der Waals surface area contributed by atoms with Crippen molar-refractivity contribution in [3.8, 4) is 11.5 Å². The lowest BCUT2D eigenvalue weighted by Crippen LogP contribution is -2.38. The first-order chi connectivity index (χ1) is 19.5. The largest absolute Gasteiger partial charge is 0.490 e. The standard InChI is InChI=1S/C32H24BrN3O3S/c1-2-38-28-17-20(16-26(33)29(28)39-18-23-13-8-12-21-9-6-7-14-24(21)23)15-25-30(34)36-27(22-10-4-3-5-11-22)19-40-32(36)35-31(25)37/h3-17,19,34H,2,18H2,1H3/b25-15-,34-30?. The number of aliphatic imine (C=N–C) groups is 1. The first kappa shape index (κ1) is 26.1. The van der Waals surface area contributed by atoms with E-state index >= 15 is 0 Å². The van der Waals surface area contributed by atoms with E-state index in [1.54, 1.807) is 11.0 Å². The second-order valence-electron chi connectivity index (χ2n) is 9.12. The summed E-state index contributed by atoms with van der Waals surface area (Å²) in [7, 11) is 0. The van der Waals surface area contributed by atoms with E-state index in [2.05, 4.69) is 45.2 Å². The predicted octanol–water partition coefficient (Wildman–Crippen LogP) is 7.88. The zero-order valence-electron chi connectivity index (χ0n) is 21.6. The lowest BCUT2D eigenvalue weighted by molar-refractivity contribution is -0.114. The zero-order chi connectivity index (χ0) is 27.6. The molecule has 0 spiro atoms. The molecule has 0 fully saturated rings. The second-order valence-corrected chi connectivity index (χ2v) is 10.8. The fourth-order valence-electron chi connectivity index (χ4n) is 4.72. The minimum absolute atomic E-state index is 0.0838. The van der Waals surface area contributed by atoms with Gasteiger partial charge in [-0.15, -0.1) is 0 Å². The van der Waals surface area contributed by atoms with E-state index in [9.17, 15) is 4.79 Å². The molecule has 198 valence electrons. The van der Waals surface area contributed by atoms with Crippen molar-refractivity contribution in [2.24, 2.45) is 4.99 Å². The Labute approximate surface area is 244 Å².